The Hall–Kier alpha value is -2.34. The molecule has 3 heterocycles. The third-order valence-electron chi connectivity index (χ3n) is 4.55. The van der Waals surface area contributed by atoms with Gasteiger partial charge in [-0.25, -0.2) is 0 Å². The number of nitrogens with one attached hydrogen (secondary N) is 1. The number of hydrogen-bond donors (Lipinski definition) is 1. The Morgan fingerprint density at radius 1 is 1.32 bits per heavy atom. The third-order valence-corrected chi connectivity index (χ3v) is 5.60. The summed E-state index contributed by atoms with van der Waals surface area (Å²) in [4.78, 5) is 19.5. The molecule has 0 spiro atoms. The van der Waals surface area contributed by atoms with Crippen molar-refractivity contribution in [3.05, 3.63) is 47.0 Å². The summed E-state index contributed by atoms with van der Waals surface area (Å²) in [5.41, 5.74) is 2.88. The largest absolute Gasteiger partial charge is 0.351 e. The van der Waals surface area contributed by atoms with Crippen molar-refractivity contribution in [2.24, 2.45) is 10.9 Å². The molecule has 1 atom stereocenters. The van der Waals surface area contributed by atoms with E-state index in [1.165, 1.54) is 18.2 Å². The number of hydrogen-bond acceptors (Lipinski definition) is 4. The van der Waals surface area contributed by atoms with Crippen LogP contribution in [0.15, 0.2) is 46.4 Å². The molecule has 1 amide bonds. The molecule has 1 unspecified atom stereocenters. The maximum Gasteiger partial charge on any atom is 0.286 e. The van der Waals surface area contributed by atoms with Crippen molar-refractivity contribution in [3.63, 3.8) is 0 Å². The summed E-state index contributed by atoms with van der Waals surface area (Å²) in [6.45, 7) is 4.22. The van der Waals surface area contributed by atoms with Gasteiger partial charge in [-0.1, -0.05) is 37.3 Å². The van der Waals surface area contributed by atoms with Crippen LogP contribution >= 0.6 is 11.8 Å². The van der Waals surface area contributed by atoms with Gasteiger partial charge in [0.15, 0.2) is 5.17 Å². The molecule has 0 saturated carbocycles. The lowest BCUT2D eigenvalue weighted by Crippen LogP contribution is -2.37. The van der Waals surface area contributed by atoms with Crippen molar-refractivity contribution >= 4 is 28.9 Å². The molecule has 5 nitrogen and oxygen atoms in total. The number of amides is 1. The van der Waals surface area contributed by atoms with Gasteiger partial charge in [0.05, 0.1) is 16.8 Å². The number of H-pyrrole nitrogens is 1. The van der Waals surface area contributed by atoms with Crippen LogP contribution in [0.3, 0.4) is 0 Å². The van der Waals surface area contributed by atoms with E-state index in [1.807, 2.05) is 36.4 Å². The molecule has 0 radical (unpaired) electrons. The molecule has 2 aromatic rings. The molecule has 25 heavy (non-hydrogen) atoms. The fraction of sp³-hybridized carbons (Fsp3) is 0.316. The summed E-state index contributed by atoms with van der Waals surface area (Å²) in [6.07, 6.45) is 6.06. The molecule has 1 saturated heterocycles. The second-order valence-corrected chi connectivity index (χ2v) is 7.58. The second kappa shape index (κ2) is 6.88. The number of nitrogens with zero attached hydrogens (tertiary/aromatic N) is 3. The number of benzene rings is 1. The topological polar surface area (TPSA) is 61.4 Å². The summed E-state index contributed by atoms with van der Waals surface area (Å²) in [6, 6.07) is 10.0. The molecule has 1 N–H and O–H groups in total. The summed E-state index contributed by atoms with van der Waals surface area (Å²) in [7, 11) is 0. The van der Waals surface area contributed by atoms with Gasteiger partial charge in [-0.2, -0.15) is 10.1 Å². The summed E-state index contributed by atoms with van der Waals surface area (Å²) >= 11 is 1.48. The zero-order chi connectivity index (χ0) is 17.2. The number of aromatic nitrogens is 2. The number of aliphatic imine (C=N–C) groups is 1. The minimum atomic E-state index is -0.154. The minimum Gasteiger partial charge on any atom is -0.351 e. The van der Waals surface area contributed by atoms with Gasteiger partial charge in [0.25, 0.3) is 5.91 Å². The molecule has 6 heteroatoms. The van der Waals surface area contributed by atoms with E-state index >= 15 is 0 Å². The van der Waals surface area contributed by atoms with Gasteiger partial charge in [-0.15, -0.1) is 0 Å². The fourth-order valence-corrected chi connectivity index (χ4v) is 4.22. The van der Waals surface area contributed by atoms with E-state index in [0.29, 0.717) is 10.8 Å². The number of aromatic amines is 1. The van der Waals surface area contributed by atoms with E-state index in [0.717, 1.165) is 41.5 Å². The van der Waals surface area contributed by atoms with Crippen LogP contribution in [0, 0.1) is 5.92 Å². The van der Waals surface area contributed by atoms with E-state index < -0.39 is 0 Å². The molecule has 1 fully saturated rings. The number of amidine groups is 1. The minimum absolute atomic E-state index is 0.154. The maximum absolute atomic E-state index is 12.3. The van der Waals surface area contributed by atoms with Gasteiger partial charge in [0.1, 0.15) is 0 Å². The maximum atomic E-state index is 12.3. The quantitative estimate of drug-likeness (QED) is 0.836. The van der Waals surface area contributed by atoms with Crippen molar-refractivity contribution in [3.8, 4) is 11.3 Å². The van der Waals surface area contributed by atoms with Crippen LogP contribution in [0.5, 0.6) is 0 Å². The van der Waals surface area contributed by atoms with Gasteiger partial charge < -0.3 is 4.90 Å². The van der Waals surface area contributed by atoms with Crippen molar-refractivity contribution in [1.82, 2.24) is 15.1 Å². The molecule has 2 aliphatic heterocycles. The summed E-state index contributed by atoms with van der Waals surface area (Å²) < 4.78 is 0. The highest BCUT2D eigenvalue weighted by Crippen LogP contribution is 2.33. The molecular weight excluding hydrogens is 332 g/mol. The predicted octanol–water partition coefficient (Wildman–Crippen LogP) is 3.78. The number of rotatable bonds is 2. The number of piperidine rings is 1. The lowest BCUT2D eigenvalue weighted by atomic mass is 10.0. The lowest BCUT2D eigenvalue weighted by Gasteiger charge is -2.31. The molecule has 128 valence electrons. The highest BCUT2D eigenvalue weighted by molar-refractivity contribution is 8.18. The summed E-state index contributed by atoms with van der Waals surface area (Å²) in [5.74, 6) is 0.497. The van der Waals surface area contributed by atoms with Crippen LogP contribution in [-0.4, -0.2) is 39.3 Å². The van der Waals surface area contributed by atoms with E-state index in [-0.39, 0.29) is 5.91 Å². The molecule has 4 rings (SSSR count). The first-order valence-electron chi connectivity index (χ1n) is 8.57. The summed E-state index contributed by atoms with van der Waals surface area (Å²) in [5, 5.41) is 8.02. The Labute approximate surface area is 151 Å². The van der Waals surface area contributed by atoms with E-state index in [9.17, 15) is 4.79 Å². The Bertz CT molecular complexity index is 840. The van der Waals surface area contributed by atoms with Gasteiger partial charge in [-0.05, 0) is 36.6 Å². The molecular formula is C19H20N4OS. The van der Waals surface area contributed by atoms with Crippen LogP contribution < -0.4 is 0 Å². The van der Waals surface area contributed by atoms with Crippen molar-refractivity contribution in [1.29, 1.82) is 0 Å². The third kappa shape index (κ3) is 3.39. The average Bonchev–Trinajstić information content (AvgIpc) is 3.23. The van der Waals surface area contributed by atoms with Gasteiger partial charge >= 0.3 is 0 Å². The molecule has 0 aliphatic carbocycles. The SMILES string of the molecule is CC1CCCN(C2=NC(=O)C(=Cc3cn[nH]c3-c3ccccc3)S2)C1. The Morgan fingerprint density at radius 3 is 2.96 bits per heavy atom. The van der Waals surface area contributed by atoms with Gasteiger partial charge in [0, 0.05) is 24.2 Å². The van der Waals surface area contributed by atoms with Crippen LogP contribution in [0.1, 0.15) is 25.3 Å². The first-order valence-corrected chi connectivity index (χ1v) is 9.38. The van der Waals surface area contributed by atoms with E-state index in [4.69, 9.17) is 0 Å². The zero-order valence-electron chi connectivity index (χ0n) is 14.1. The van der Waals surface area contributed by atoms with Crippen LogP contribution in [-0.2, 0) is 4.79 Å². The molecule has 1 aromatic carbocycles. The number of carbonyl (C=O) groups excluding carboxylic acids is 1. The first-order chi connectivity index (χ1) is 12.2. The van der Waals surface area contributed by atoms with E-state index in [1.54, 1.807) is 6.20 Å². The van der Waals surface area contributed by atoms with Gasteiger partial charge in [-0.3, -0.25) is 9.89 Å². The van der Waals surface area contributed by atoms with Crippen LogP contribution in [0.25, 0.3) is 17.3 Å². The Balaban J connectivity index is 1.56. The monoisotopic (exact) mass is 352 g/mol. The Kier molecular flexibility index (Phi) is 4.44. The fourth-order valence-electron chi connectivity index (χ4n) is 3.28. The van der Waals surface area contributed by atoms with Crippen molar-refractivity contribution in [2.45, 2.75) is 19.8 Å². The number of likely N-dealkylation sites (tertiary alicyclic amines) is 1. The molecule has 1 aromatic heterocycles. The van der Waals surface area contributed by atoms with Crippen molar-refractivity contribution < 1.29 is 4.79 Å². The number of carbonyl (C=O) groups is 1. The standard InChI is InChI=1S/C19H20N4OS/c1-13-6-5-9-23(12-13)19-21-18(24)16(25-19)10-15-11-20-22-17(15)14-7-3-2-4-8-14/h2-4,7-8,10-11,13H,5-6,9,12H2,1H3,(H,20,22). The van der Waals surface area contributed by atoms with E-state index in [2.05, 4.69) is 27.0 Å². The highest BCUT2D eigenvalue weighted by atomic mass is 32.2. The second-order valence-electron chi connectivity index (χ2n) is 6.57. The lowest BCUT2D eigenvalue weighted by molar-refractivity contribution is -0.113. The van der Waals surface area contributed by atoms with Crippen LogP contribution in [0.4, 0.5) is 0 Å². The predicted molar refractivity (Wildman–Crippen MR) is 102 cm³/mol. The van der Waals surface area contributed by atoms with Gasteiger partial charge in [0.2, 0.25) is 0 Å². The number of thioether (sulfide) groups is 1. The normalized spacial score (nSPS) is 22.5. The Morgan fingerprint density at radius 2 is 2.16 bits per heavy atom. The molecule has 0 bridgehead atoms. The smallest absolute Gasteiger partial charge is 0.286 e. The highest BCUT2D eigenvalue weighted by Gasteiger charge is 2.28. The average molecular weight is 352 g/mol. The van der Waals surface area contributed by atoms with Crippen LogP contribution in [0.2, 0.25) is 0 Å². The van der Waals surface area contributed by atoms with Crippen molar-refractivity contribution in [2.75, 3.05) is 13.1 Å². The molecule has 2 aliphatic rings. The first kappa shape index (κ1) is 16.1. The zero-order valence-corrected chi connectivity index (χ0v) is 14.9.